The maximum atomic E-state index is 12.8. The van der Waals surface area contributed by atoms with Gasteiger partial charge >= 0.3 is 6.03 Å². The van der Waals surface area contributed by atoms with Crippen molar-refractivity contribution in [3.05, 3.63) is 59.7 Å². The highest BCUT2D eigenvalue weighted by atomic mass is 32.2. The number of nitrogens with zero attached hydrogens (tertiary/aromatic N) is 2. The summed E-state index contributed by atoms with van der Waals surface area (Å²) in [6, 6.07) is 14.6. The molecule has 2 aromatic carbocycles. The molecule has 1 aliphatic heterocycles. The molecule has 0 saturated carbocycles. The Kier molecular flexibility index (Phi) is 8.51. The molecule has 3 N–H and O–H groups in total. The second-order valence-electron chi connectivity index (χ2n) is 8.54. The minimum atomic E-state index is -3.73. The van der Waals surface area contributed by atoms with E-state index in [1.54, 1.807) is 17.0 Å². The molecule has 3 amide bonds. The molecule has 34 heavy (non-hydrogen) atoms. The van der Waals surface area contributed by atoms with Crippen LogP contribution >= 0.6 is 0 Å². The van der Waals surface area contributed by atoms with Gasteiger partial charge in [0.2, 0.25) is 10.0 Å². The van der Waals surface area contributed by atoms with Gasteiger partial charge in [-0.05, 0) is 36.1 Å². The van der Waals surface area contributed by atoms with Crippen LogP contribution in [0.1, 0.15) is 35.2 Å². The Bertz CT molecular complexity index is 1110. The summed E-state index contributed by atoms with van der Waals surface area (Å²) in [5, 5.41) is 8.77. The summed E-state index contributed by atoms with van der Waals surface area (Å²) in [7, 11) is -0.816. The van der Waals surface area contributed by atoms with E-state index >= 15 is 0 Å². The van der Waals surface area contributed by atoms with Crippen LogP contribution in [-0.4, -0.2) is 76.4 Å². The van der Waals surface area contributed by atoms with E-state index in [0.717, 1.165) is 10.7 Å². The molecule has 3 rings (SSSR count). The summed E-state index contributed by atoms with van der Waals surface area (Å²) < 4.78 is 26.7. The molecule has 1 heterocycles. The van der Waals surface area contributed by atoms with Crippen molar-refractivity contribution in [2.45, 2.75) is 24.2 Å². The van der Waals surface area contributed by atoms with Gasteiger partial charge in [0.05, 0.1) is 4.90 Å². The Morgan fingerprint density at radius 3 is 2.53 bits per heavy atom. The van der Waals surface area contributed by atoms with Gasteiger partial charge in [-0.25, -0.2) is 17.5 Å². The maximum absolute atomic E-state index is 12.8. The number of benzene rings is 2. The number of nitrogens with one attached hydrogen (secondary N) is 3. The van der Waals surface area contributed by atoms with Crippen molar-refractivity contribution in [2.75, 3.05) is 52.1 Å². The molecule has 1 saturated heterocycles. The minimum absolute atomic E-state index is 0.0441. The average molecular weight is 488 g/mol. The third-order valence-electron chi connectivity index (χ3n) is 5.83. The fraction of sp³-hybridized carbons (Fsp3) is 0.417. The molecule has 2 aromatic rings. The van der Waals surface area contributed by atoms with E-state index in [2.05, 4.69) is 35.0 Å². The molecule has 0 aliphatic carbocycles. The molecule has 0 aromatic heterocycles. The maximum Gasteiger partial charge on any atom is 0.317 e. The van der Waals surface area contributed by atoms with Crippen LogP contribution in [0, 0.1) is 0 Å². The predicted molar refractivity (Wildman–Crippen MR) is 133 cm³/mol. The quantitative estimate of drug-likeness (QED) is 0.450. The van der Waals surface area contributed by atoms with Crippen LogP contribution in [0.4, 0.5) is 10.5 Å². The number of carbonyl (C=O) groups excluding carboxylic acids is 2. The summed E-state index contributed by atoms with van der Waals surface area (Å²) in [6.07, 6.45) is 0.841. The molecule has 1 aliphatic rings. The van der Waals surface area contributed by atoms with Crippen LogP contribution in [0.15, 0.2) is 53.4 Å². The van der Waals surface area contributed by atoms with Gasteiger partial charge in [-0.15, -0.1) is 0 Å². The molecular formula is C24H33N5O4S. The average Bonchev–Trinajstić information content (AvgIpc) is 3.23. The Labute approximate surface area is 201 Å². The SMILES string of the molecule is CC(CCNc1cc(C(=O)NCCN2CCNC2=O)cc(S(=O)(=O)N(C)C)c1)c1ccccc1. The van der Waals surface area contributed by atoms with Gasteiger partial charge in [-0.1, -0.05) is 37.3 Å². The monoisotopic (exact) mass is 487 g/mol. The van der Waals surface area contributed by atoms with Crippen LogP contribution in [0.5, 0.6) is 0 Å². The van der Waals surface area contributed by atoms with E-state index in [0.29, 0.717) is 37.8 Å². The first-order valence-corrected chi connectivity index (χ1v) is 12.8. The van der Waals surface area contributed by atoms with Crippen molar-refractivity contribution in [1.29, 1.82) is 0 Å². The first-order valence-electron chi connectivity index (χ1n) is 11.4. The summed E-state index contributed by atoms with van der Waals surface area (Å²) >= 11 is 0. The fourth-order valence-corrected chi connectivity index (χ4v) is 4.68. The summed E-state index contributed by atoms with van der Waals surface area (Å²) in [6.45, 7) is 4.61. The van der Waals surface area contributed by atoms with Crippen LogP contribution in [0.3, 0.4) is 0 Å². The van der Waals surface area contributed by atoms with Crippen molar-refractivity contribution >= 4 is 27.6 Å². The standard InChI is InChI=1S/C24H33N5O4S/c1-18(19-7-5-4-6-8-19)9-10-25-21-15-20(16-22(17-21)34(32,33)28(2)3)23(30)26-11-13-29-14-12-27-24(29)31/h4-8,15-18,25H,9-14H2,1-3H3,(H,26,30)(H,27,31). The lowest BCUT2D eigenvalue weighted by Crippen LogP contribution is -2.36. The van der Waals surface area contributed by atoms with E-state index < -0.39 is 15.9 Å². The highest BCUT2D eigenvalue weighted by molar-refractivity contribution is 7.89. The van der Waals surface area contributed by atoms with Crippen molar-refractivity contribution < 1.29 is 18.0 Å². The predicted octanol–water partition coefficient (Wildman–Crippen LogP) is 2.30. The highest BCUT2D eigenvalue weighted by Gasteiger charge is 2.22. The van der Waals surface area contributed by atoms with E-state index in [1.807, 2.05) is 18.2 Å². The molecule has 0 radical (unpaired) electrons. The van der Waals surface area contributed by atoms with Crippen molar-refractivity contribution in [1.82, 2.24) is 19.8 Å². The van der Waals surface area contributed by atoms with Gasteiger partial charge in [0.1, 0.15) is 0 Å². The number of anilines is 1. The van der Waals surface area contributed by atoms with Crippen molar-refractivity contribution in [3.63, 3.8) is 0 Å². The van der Waals surface area contributed by atoms with Crippen molar-refractivity contribution in [3.8, 4) is 0 Å². The zero-order valence-electron chi connectivity index (χ0n) is 19.9. The smallest absolute Gasteiger partial charge is 0.317 e. The fourth-order valence-electron chi connectivity index (χ4n) is 3.70. The Morgan fingerprint density at radius 1 is 1.15 bits per heavy atom. The molecule has 0 bridgehead atoms. The zero-order chi connectivity index (χ0) is 24.7. The lowest BCUT2D eigenvalue weighted by atomic mass is 9.98. The van der Waals surface area contributed by atoms with Gasteiger partial charge in [0.25, 0.3) is 5.91 Å². The van der Waals surface area contributed by atoms with Gasteiger partial charge in [-0.2, -0.15) is 0 Å². The topological polar surface area (TPSA) is 111 Å². The molecule has 0 spiro atoms. The molecule has 9 nitrogen and oxygen atoms in total. The van der Waals surface area contributed by atoms with Crippen LogP contribution < -0.4 is 16.0 Å². The Hall–Kier alpha value is -3.11. The third kappa shape index (κ3) is 6.48. The molecule has 184 valence electrons. The lowest BCUT2D eigenvalue weighted by Gasteiger charge is -2.17. The number of urea groups is 1. The molecule has 1 fully saturated rings. The molecule has 1 atom stereocenters. The second kappa shape index (κ2) is 11.3. The summed E-state index contributed by atoms with van der Waals surface area (Å²) in [5.41, 5.74) is 2.04. The molecule has 10 heteroatoms. The van der Waals surface area contributed by atoms with E-state index in [1.165, 1.54) is 25.7 Å². The largest absolute Gasteiger partial charge is 0.385 e. The number of hydrogen-bond donors (Lipinski definition) is 3. The lowest BCUT2D eigenvalue weighted by molar-refractivity contribution is 0.0950. The van der Waals surface area contributed by atoms with Crippen molar-refractivity contribution in [2.24, 2.45) is 0 Å². The minimum Gasteiger partial charge on any atom is -0.385 e. The van der Waals surface area contributed by atoms with Gasteiger partial charge in [-0.3, -0.25) is 4.79 Å². The number of rotatable bonds is 11. The number of sulfonamides is 1. The zero-order valence-corrected chi connectivity index (χ0v) is 20.7. The van der Waals surface area contributed by atoms with E-state index in [9.17, 15) is 18.0 Å². The van der Waals surface area contributed by atoms with Gasteiger partial charge < -0.3 is 20.9 Å². The number of amides is 3. The number of carbonyl (C=O) groups is 2. The van der Waals surface area contributed by atoms with Gasteiger partial charge in [0, 0.05) is 58.1 Å². The molecular weight excluding hydrogens is 454 g/mol. The van der Waals surface area contributed by atoms with Crippen LogP contribution in [0.25, 0.3) is 0 Å². The molecule has 1 unspecified atom stereocenters. The Balaban J connectivity index is 1.70. The Morgan fingerprint density at radius 2 is 1.88 bits per heavy atom. The van der Waals surface area contributed by atoms with E-state index in [-0.39, 0.29) is 23.0 Å². The first kappa shape index (κ1) is 25.5. The van der Waals surface area contributed by atoms with Gasteiger partial charge in [0.15, 0.2) is 0 Å². The van der Waals surface area contributed by atoms with E-state index in [4.69, 9.17) is 0 Å². The number of hydrogen-bond acceptors (Lipinski definition) is 5. The van der Waals surface area contributed by atoms with Crippen LogP contribution in [-0.2, 0) is 10.0 Å². The normalized spacial score (nSPS) is 14.7. The third-order valence-corrected chi connectivity index (χ3v) is 7.63. The first-order chi connectivity index (χ1) is 16.2. The van der Waals surface area contributed by atoms with Crippen LogP contribution in [0.2, 0.25) is 0 Å². The highest BCUT2D eigenvalue weighted by Crippen LogP contribution is 2.23. The summed E-state index contributed by atoms with van der Waals surface area (Å²) in [4.78, 5) is 26.1. The second-order valence-corrected chi connectivity index (χ2v) is 10.7. The summed E-state index contributed by atoms with van der Waals surface area (Å²) in [5.74, 6) is -0.0657.